The van der Waals surface area contributed by atoms with Gasteiger partial charge in [0.15, 0.2) is 11.2 Å². The second kappa shape index (κ2) is 7.25. The van der Waals surface area contributed by atoms with Crippen LogP contribution in [0.3, 0.4) is 0 Å². The molecule has 2 aromatic heterocycles. The first kappa shape index (κ1) is 16.8. The summed E-state index contributed by atoms with van der Waals surface area (Å²) in [6.07, 6.45) is 1.11. The number of nitrogens with zero attached hydrogens (tertiary/aromatic N) is 1. The monoisotopic (exact) mass is 381 g/mol. The van der Waals surface area contributed by atoms with E-state index in [-0.39, 0.29) is 5.91 Å². The van der Waals surface area contributed by atoms with Crippen molar-refractivity contribution >= 4 is 45.6 Å². The van der Waals surface area contributed by atoms with Gasteiger partial charge in [-0.1, -0.05) is 23.2 Å². The van der Waals surface area contributed by atoms with E-state index < -0.39 is 6.10 Å². The Morgan fingerprint density at radius 2 is 2.17 bits per heavy atom. The molecule has 2 N–H and O–H groups in total. The summed E-state index contributed by atoms with van der Waals surface area (Å²) in [6.45, 7) is 1.65. The van der Waals surface area contributed by atoms with E-state index in [1.807, 2.05) is 23.7 Å². The summed E-state index contributed by atoms with van der Waals surface area (Å²) >= 11 is 13.1. The van der Waals surface area contributed by atoms with Crippen LogP contribution in [0.5, 0.6) is 5.75 Å². The Morgan fingerprint density at radius 1 is 1.33 bits per heavy atom. The molecule has 0 radical (unpaired) electrons. The highest BCUT2D eigenvalue weighted by Crippen LogP contribution is 2.27. The Morgan fingerprint density at radius 3 is 2.88 bits per heavy atom. The molecule has 1 atom stereocenters. The van der Waals surface area contributed by atoms with Gasteiger partial charge in [-0.05, 0) is 31.2 Å². The molecule has 0 fully saturated rings. The zero-order chi connectivity index (χ0) is 17.1. The van der Waals surface area contributed by atoms with E-state index in [0.717, 1.165) is 11.4 Å². The van der Waals surface area contributed by atoms with Gasteiger partial charge in [0.2, 0.25) is 0 Å². The van der Waals surface area contributed by atoms with Gasteiger partial charge in [0, 0.05) is 17.6 Å². The zero-order valence-corrected chi connectivity index (χ0v) is 14.9. The van der Waals surface area contributed by atoms with Crippen LogP contribution in [0.2, 0.25) is 10.0 Å². The van der Waals surface area contributed by atoms with Crippen molar-refractivity contribution in [1.82, 2.24) is 9.97 Å². The van der Waals surface area contributed by atoms with Gasteiger partial charge in [0.05, 0.1) is 21.4 Å². The fourth-order valence-electron chi connectivity index (χ4n) is 1.96. The number of carbonyl (C=O) groups is 1. The average Bonchev–Trinajstić information content (AvgIpc) is 3.21. The summed E-state index contributed by atoms with van der Waals surface area (Å²) in [6, 6.07) is 8.65. The first-order chi connectivity index (χ1) is 11.5. The van der Waals surface area contributed by atoms with Crippen molar-refractivity contribution in [3.8, 4) is 17.1 Å². The predicted molar refractivity (Wildman–Crippen MR) is 97.1 cm³/mol. The minimum absolute atomic E-state index is 0.298. The molecule has 5 nitrogen and oxygen atoms in total. The van der Waals surface area contributed by atoms with E-state index in [1.54, 1.807) is 25.1 Å². The fourth-order valence-corrected chi connectivity index (χ4v) is 2.96. The SMILES string of the molecule is CC(Oc1ccc(Cl)c(Cl)c1)C(=O)Nc1nc(-c2ccc[nH]2)cs1. The highest BCUT2D eigenvalue weighted by Gasteiger charge is 2.17. The van der Waals surface area contributed by atoms with E-state index in [2.05, 4.69) is 15.3 Å². The number of carbonyl (C=O) groups excluding carboxylic acids is 1. The van der Waals surface area contributed by atoms with Gasteiger partial charge in [-0.3, -0.25) is 10.1 Å². The third-order valence-electron chi connectivity index (χ3n) is 3.18. The minimum Gasteiger partial charge on any atom is -0.481 e. The lowest BCUT2D eigenvalue weighted by Gasteiger charge is -2.14. The number of anilines is 1. The Balaban J connectivity index is 1.63. The zero-order valence-electron chi connectivity index (χ0n) is 12.5. The molecule has 0 aliphatic rings. The average molecular weight is 382 g/mol. The maximum atomic E-state index is 12.2. The van der Waals surface area contributed by atoms with Crippen LogP contribution in [-0.4, -0.2) is 22.0 Å². The van der Waals surface area contributed by atoms with E-state index in [0.29, 0.717) is 20.9 Å². The van der Waals surface area contributed by atoms with E-state index in [9.17, 15) is 4.79 Å². The van der Waals surface area contributed by atoms with Crippen LogP contribution in [0, 0.1) is 0 Å². The van der Waals surface area contributed by atoms with Gasteiger partial charge in [0.1, 0.15) is 5.75 Å². The summed E-state index contributed by atoms with van der Waals surface area (Å²) in [5.41, 5.74) is 1.67. The first-order valence-corrected chi connectivity index (χ1v) is 8.68. The smallest absolute Gasteiger partial charge is 0.266 e. The Bertz CT molecular complexity index is 849. The van der Waals surface area contributed by atoms with Crippen LogP contribution >= 0.6 is 34.5 Å². The van der Waals surface area contributed by atoms with E-state index >= 15 is 0 Å². The molecule has 3 aromatic rings. The molecule has 24 heavy (non-hydrogen) atoms. The number of ether oxygens (including phenoxy) is 1. The highest BCUT2D eigenvalue weighted by molar-refractivity contribution is 7.14. The van der Waals surface area contributed by atoms with Crippen molar-refractivity contribution in [2.75, 3.05) is 5.32 Å². The third-order valence-corrected chi connectivity index (χ3v) is 4.68. The van der Waals surface area contributed by atoms with Crippen molar-refractivity contribution in [1.29, 1.82) is 0 Å². The number of aromatic nitrogens is 2. The first-order valence-electron chi connectivity index (χ1n) is 7.05. The second-order valence-corrected chi connectivity index (χ2v) is 6.62. The molecule has 0 spiro atoms. The number of hydrogen-bond donors (Lipinski definition) is 2. The Hall–Kier alpha value is -2.02. The molecule has 124 valence electrons. The minimum atomic E-state index is -0.708. The number of aromatic amines is 1. The lowest BCUT2D eigenvalue weighted by atomic mass is 10.3. The van der Waals surface area contributed by atoms with Gasteiger partial charge >= 0.3 is 0 Å². The van der Waals surface area contributed by atoms with Gasteiger partial charge in [-0.2, -0.15) is 0 Å². The molecule has 2 heterocycles. The van der Waals surface area contributed by atoms with Crippen molar-refractivity contribution in [3.63, 3.8) is 0 Å². The van der Waals surface area contributed by atoms with E-state index in [1.165, 1.54) is 11.3 Å². The maximum absolute atomic E-state index is 12.2. The van der Waals surface area contributed by atoms with Crippen molar-refractivity contribution in [2.45, 2.75) is 13.0 Å². The standard InChI is InChI=1S/C16H13Cl2N3O2S/c1-9(23-10-4-5-11(17)12(18)7-10)15(22)21-16-20-14(8-24-16)13-3-2-6-19-13/h2-9,19H,1H3,(H,20,21,22). The summed E-state index contributed by atoms with van der Waals surface area (Å²) in [5, 5.41) is 5.92. The largest absolute Gasteiger partial charge is 0.481 e. The maximum Gasteiger partial charge on any atom is 0.266 e. The molecular weight excluding hydrogens is 369 g/mol. The van der Waals surface area contributed by atoms with Crippen LogP contribution in [0.25, 0.3) is 11.4 Å². The van der Waals surface area contributed by atoms with Crippen LogP contribution in [0.15, 0.2) is 41.9 Å². The summed E-state index contributed by atoms with van der Waals surface area (Å²) in [5.74, 6) is 0.173. The normalized spacial score (nSPS) is 12.0. The van der Waals surface area contributed by atoms with Gasteiger partial charge in [-0.25, -0.2) is 4.98 Å². The van der Waals surface area contributed by atoms with Crippen LogP contribution in [0.1, 0.15) is 6.92 Å². The molecule has 0 aliphatic heterocycles. The summed E-state index contributed by atoms with van der Waals surface area (Å²) in [4.78, 5) is 19.7. The number of amides is 1. The number of hydrogen-bond acceptors (Lipinski definition) is 4. The fraction of sp³-hybridized carbons (Fsp3) is 0.125. The number of benzene rings is 1. The van der Waals surface area contributed by atoms with Gasteiger partial charge < -0.3 is 9.72 Å². The predicted octanol–water partition coefficient (Wildman–Crippen LogP) is 4.85. The molecule has 3 rings (SSSR count). The number of H-pyrrole nitrogens is 1. The molecular formula is C16H13Cl2N3O2S. The second-order valence-electron chi connectivity index (χ2n) is 4.95. The molecule has 1 amide bonds. The third kappa shape index (κ3) is 3.90. The van der Waals surface area contributed by atoms with Crippen LogP contribution in [0.4, 0.5) is 5.13 Å². The van der Waals surface area contributed by atoms with Gasteiger partial charge in [-0.15, -0.1) is 11.3 Å². The molecule has 0 saturated carbocycles. The highest BCUT2D eigenvalue weighted by atomic mass is 35.5. The number of nitrogens with one attached hydrogen (secondary N) is 2. The van der Waals surface area contributed by atoms with Crippen molar-refractivity contribution in [3.05, 3.63) is 52.0 Å². The number of halogens is 2. The lowest BCUT2D eigenvalue weighted by molar-refractivity contribution is -0.122. The van der Waals surface area contributed by atoms with Crippen LogP contribution < -0.4 is 10.1 Å². The van der Waals surface area contributed by atoms with Crippen molar-refractivity contribution < 1.29 is 9.53 Å². The van der Waals surface area contributed by atoms with Crippen LogP contribution in [-0.2, 0) is 4.79 Å². The topological polar surface area (TPSA) is 67.0 Å². The molecule has 8 heteroatoms. The summed E-state index contributed by atoms with van der Waals surface area (Å²) < 4.78 is 5.58. The van der Waals surface area contributed by atoms with Crippen molar-refractivity contribution in [2.24, 2.45) is 0 Å². The number of thiazole rings is 1. The molecule has 1 unspecified atom stereocenters. The molecule has 1 aromatic carbocycles. The quantitative estimate of drug-likeness (QED) is 0.663. The number of rotatable bonds is 5. The Kier molecular flexibility index (Phi) is 5.08. The molecule has 0 bridgehead atoms. The molecule has 0 saturated heterocycles. The van der Waals surface area contributed by atoms with E-state index in [4.69, 9.17) is 27.9 Å². The van der Waals surface area contributed by atoms with Gasteiger partial charge in [0.25, 0.3) is 5.91 Å². The summed E-state index contributed by atoms with van der Waals surface area (Å²) in [7, 11) is 0. The Labute approximate surface area is 152 Å². The molecule has 0 aliphatic carbocycles. The lowest BCUT2D eigenvalue weighted by Crippen LogP contribution is -2.30.